The second-order valence-corrected chi connectivity index (χ2v) is 5.89. The number of carbonyl (C=O) groups is 2. The summed E-state index contributed by atoms with van der Waals surface area (Å²) in [4.78, 5) is 22.8. The molecule has 1 N–H and O–H groups in total. The van der Waals surface area contributed by atoms with Gasteiger partial charge >= 0.3 is 5.97 Å². The Morgan fingerprint density at radius 3 is 2.30 bits per heavy atom. The Balaban J connectivity index is 2.17. The molecule has 1 aromatic carbocycles. The first-order valence-corrected chi connectivity index (χ1v) is 8.70. The van der Waals surface area contributed by atoms with E-state index in [0.717, 1.165) is 12.8 Å². The maximum Gasteiger partial charge on any atom is 0.308 e. The molecule has 0 aromatic heterocycles. The van der Waals surface area contributed by atoms with E-state index in [1.165, 1.54) is 45.4 Å². The molecule has 1 aromatic rings. The predicted molar refractivity (Wildman–Crippen MR) is 93.6 cm³/mol. The van der Waals surface area contributed by atoms with Crippen LogP contribution in [0.1, 0.15) is 71.6 Å². The van der Waals surface area contributed by atoms with Crippen molar-refractivity contribution in [1.82, 2.24) is 0 Å². The summed E-state index contributed by atoms with van der Waals surface area (Å²) < 4.78 is 5.00. The number of ether oxygens (including phenoxy) is 1. The van der Waals surface area contributed by atoms with Crippen LogP contribution in [0.2, 0.25) is 0 Å². The number of hydrogen-bond acceptors (Lipinski definition) is 3. The highest BCUT2D eigenvalue weighted by molar-refractivity contribution is 5.90. The van der Waals surface area contributed by atoms with Crippen molar-refractivity contribution >= 4 is 17.6 Å². The lowest BCUT2D eigenvalue weighted by Crippen LogP contribution is -2.11. The summed E-state index contributed by atoms with van der Waals surface area (Å²) in [5.41, 5.74) is 0.660. The van der Waals surface area contributed by atoms with Gasteiger partial charge in [-0.1, -0.05) is 57.9 Å². The van der Waals surface area contributed by atoms with E-state index in [1.54, 1.807) is 24.3 Å². The number of carbonyl (C=O) groups excluding carboxylic acids is 2. The maximum absolute atomic E-state index is 11.9. The molecule has 0 spiro atoms. The highest BCUT2D eigenvalue weighted by atomic mass is 16.5. The molecule has 1 amide bonds. The molecule has 0 aliphatic heterocycles. The molecule has 0 saturated carbocycles. The van der Waals surface area contributed by atoms with Crippen LogP contribution < -0.4 is 10.1 Å². The molecule has 0 bridgehead atoms. The van der Waals surface area contributed by atoms with Crippen molar-refractivity contribution in [2.24, 2.45) is 0 Å². The van der Waals surface area contributed by atoms with Crippen LogP contribution in [0.5, 0.6) is 5.75 Å². The van der Waals surface area contributed by atoms with Crippen LogP contribution in [0, 0.1) is 0 Å². The molecule has 0 aliphatic rings. The smallest absolute Gasteiger partial charge is 0.308 e. The quantitative estimate of drug-likeness (QED) is 0.351. The second-order valence-electron chi connectivity index (χ2n) is 5.89. The topological polar surface area (TPSA) is 55.4 Å². The van der Waals surface area contributed by atoms with Gasteiger partial charge in [0.25, 0.3) is 0 Å². The van der Waals surface area contributed by atoms with Gasteiger partial charge in [-0.2, -0.15) is 0 Å². The van der Waals surface area contributed by atoms with Gasteiger partial charge in [0.05, 0.1) is 0 Å². The molecule has 0 fully saturated rings. The van der Waals surface area contributed by atoms with Crippen molar-refractivity contribution in [2.75, 3.05) is 5.32 Å². The molecule has 23 heavy (non-hydrogen) atoms. The fourth-order valence-electron chi connectivity index (χ4n) is 2.45. The summed E-state index contributed by atoms with van der Waals surface area (Å²) in [6.45, 7) is 3.58. The third-order valence-electron chi connectivity index (χ3n) is 3.64. The Morgan fingerprint density at radius 1 is 1.00 bits per heavy atom. The van der Waals surface area contributed by atoms with Gasteiger partial charge in [-0.05, 0) is 18.6 Å². The third-order valence-corrected chi connectivity index (χ3v) is 3.64. The second kappa shape index (κ2) is 11.7. The Bertz CT molecular complexity index is 485. The van der Waals surface area contributed by atoms with E-state index < -0.39 is 0 Å². The summed E-state index contributed by atoms with van der Waals surface area (Å²) >= 11 is 0. The van der Waals surface area contributed by atoms with Crippen LogP contribution in [0.15, 0.2) is 24.3 Å². The van der Waals surface area contributed by atoms with E-state index >= 15 is 0 Å². The van der Waals surface area contributed by atoms with Crippen LogP contribution >= 0.6 is 0 Å². The molecule has 0 radical (unpaired) electrons. The Hall–Kier alpha value is -1.84. The molecule has 0 aliphatic carbocycles. The van der Waals surface area contributed by atoms with E-state index in [9.17, 15) is 9.59 Å². The maximum atomic E-state index is 11.9. The zero-order chi connectivity index (χ0) is 16.9. The lowest BCUT2D eigenvalue weighted by molar-refractivity contribution is -0.131. The summed E-state index contributed by atoms with van der Waals surface area (Å²) in [5.74, 6) is 0.0887. The van der Waals surface area contributed by atoms with E-state index in [-0.39, 0.29) is 11.9 Å². The van der Waals surface area contributed by atoms with Crippen molar-refractivity contribution in [3.05, 3.63) is 24.3 Å². The lowest BCUT2D eigenvalue weighted by atomic mass is 10.1. The largest absolute Gasteiger partial charge is 0.427 e. The summed E-state index contributed by atoms with van der Waals surface area (Å²) in [6, 6.07) is 6.89. The molecule has 0 heterocycles. The standard InChI is InChI=1S/C19H29NO3/c1-3-4-5-6-7-8-9-10-14-19(22)20-17-12-11-13-18(15-17)23-16(2)21/h11-13,15H,3-10,14H2,1-2H3,(H,20,22). The normalized spacial score (nSPS) is 10.3. The van der Waals surface area contributed by atoms with Crippen molar-refractivity contribution in [1.29, 1.82) is 0 Å². The Morgan fingerprint density at radius 2 is 1.65 bits per heavy atom. The highest BCUT2D eigenvalue weighted by Crippen LogP contribution is 2.18. The number of rotatable bonds is 11. The first-order chi connectivity index (χ1) is 11.1. The fourth-order valence-corrected chi connectivity index (χ4v) is 2.45. The van der Waals surface area contributed by atoms with Gasteiger partial charge in [0.15, 0.2) is 0 Å². The summed E-state index contributed by atoms with van der Waals surface area (Å²) in [5, 5.41) is 2.84. The number of anilines is 1. The van der Waals surface area contributed by atoms with Crippen LogP contribution in [0.25, 0.3) is 0 Å². The molecule has 1 rings (SSSR count). The zero-order valence-corrected chi connectivity index (χ0v) is 14.4. The lowest BCUT2D eigenvalue weighted by Gasteiger charge is -2.07. The number of unbranched alkanes of at least 4 members (excludes halogenated alkanes) is 7. The van der Waals surface area contributed by atoms with Gasteiger partial charge in [0.1, 0.15) is 5.75 Å². The van der Waals surface area contributed by atoms with Gasteiger partial charge in [0.2, 0.25) is 5.91 Å². The van der Waals surface area contributed by atoms with Crippen LogP contribution in [-0.4, -0.2) is 11.9 Å². The number of esters is 1. The number of benzene rings is 1. The van der Waals surface area contributed by atoms with Gasteiger partial charge in [-0.25, -0.2) is 0 Å². The van der Waals surface area contributed by atoms with Crippen LogP contribution in [0.4, 0.5) is 5.69 Å². The van der Waals surface area contributed by atoms with Crippen molar-refractivity contribution in [3.8, 4) is 5.75 Å². The van der Waals surface area contributed by atoms with Crippen LogP contribution in [0.3, 0.4) is 0 Å². The molecule has 0 saturated heterocycles. The third kappa shape index (κ3) is 9.72. The van der Waals surface area contributed by atoms with Gasteiger partial charge in [0, 0.05) is 25.1 Å². The van der Waals surface area contributed by atoms with E-state index in [0.29, 0.717) is 17.9 Å². The van der Waals surface area contributed by atoms with Gasteiger partial charge < -0.3 is 10.1 Å². The average molecular weight is 319 g/mol. The molecule has 128 valence electrons. The van der Waals surface area contributed by atoms with Gasteiger partial charge in [-0.15, -0.1) is 0 Å². The molecular formula is C19H29NO3. The molecular weight excluding hydrogens is 290 g/mol. The number of hydrogen-bond donors (Lipinski definition) is 1. The average Bonchev–Trinajstić information content (AvgIpc) is 2.49. The zero-order valence-electron chi connectivity index (χ0n) is 14.4. The monoisotopic (exact) mass is 319 g/mol. The first-order valence-electron chi connectivity index (χ1n) is 8.70. The van der Waals surface area contributed by atoms with Crippen molar-refractivity contribution in [3.63, 3.8) is 0 Å². The number of nitrogens with one attached hydrogen (secondary N) is 1. The van der Waals surface area contributed by atoms with E-state index in [1.807, 2.05) is 0 Å². The van der Waals surface area contributed by atoms with Crippen molar-refractivity contribution in [2.45, 2.75) is 71.6 Å². The summed E-state index contributed by atoms with van der Waals surface area (Å²) in [6.07, 6.45) is 10.3. The minimum atomic E-state index is -0.368. The van der Waals surface area contributed by atoms with Crippen LogP contribution in [-0.2, 0) is 9.59 Å². The SMILES string of the molecule is CCCCCCCCCCC(=O)Nc1cccc(OC(C)=O)c1. The fraction of sp³-hybridized carbons (Fsp3) is 0.579. The Kier molecular flexibility index (Phi) is 9.76. The minimum Gasteiger partial charge on any atom is -0.427 e. The molecule has 4 nitrogen and oxygen atoms in total. The molecule has 4 heteroatoms. The summed E-state index contributed by atoms with van der Waals surface area (Å²) in [7, 11) is 0. The van der Waals surface area contributed by atoms with E-state index in [2.05, 4.69) is 12.2 Å². The Labute approximate surface area is 139 Å². The molecule has 0 atom stereocenters. The predicted octanol–water partition coefficient (Wildman–Crippen LogP) is 5.08. The minimum absolute atomic E-state index is 0.0101. The highest BCUT2D eigenvalue weighted by Gasteiger charge is 2.04. The van der Waals surface area contributed by atoms with Crippen molar-refractivity contribution < 1.29 is 14.3 Å². The van der Waals surface area contributed by atoms with Gasteiger partial charge in [-0.3, -0.25) is 9.59 Å². The first kappa shape index (κ1) is 19.2. The molecule has 0 unspecified atom stereocenters. The number of amides is 1. The van der Waals surface area contributed by atoms with E-state index in [4.69, 9.17) is 4.74 Å².